The summed E-state index contributed by atoms with van der Waals surface area (Å²) in [7, 11) is 1.90. The molecule has 0 aliphatic heterocycles. The van der Waals surface area contributed by atoms with E-state index < -0.39 is 0 Å². The van der Waals surface area contributed by atoms with Gasteiger partial charge in [0.1, 0.15) is 11.6 Å². The van der Waals surface area contributed by atoms with E-state index in [0.29, 0.717) is 6.04 Å². The molecule has 1 fully saturated rings. The van der Waals surface area contributed by atoms with Gasteiger partial charge in [-0.1, -0.05) is 25.8 Å². The molecule has 1 aromatic heterocycles. The van der Waals surface area contributed by atoms with Crippen LogP contribution in [0.4, 0.5) is 11.6 Å². The zero-order chi connectivity index (χ0) is 11.4. The lowest BCUT2D eigenvalue weighted by molar-refractivity contribution is 0.349. The summed E-state index contributed by atoms with van der Waals surface area (Å²) in [6.07, 6.45) is 5.33. The lowest BCUT2D eigenvalue weighted by atomic mass is 9.86. The number of aromatic nitrogens is 1. The summed E-state index contributed by atoms with van der Waals surface area (Å²) in [5, 5.41) is 6.62. The van der Waals surface area contributed by atoms with Gasteiger partial charge in [0.15, 0.2) is 0 Å². The van der Waals surface area contributed by atoms with Crippen molar-refractivity contribution in [3.05, 3.63) is 18.2 Å². The maximum Gasteiger partial charge on any atom is 0.128 e. The summed E-state index contributed by atoms with van der Waals surface area (Å²) in [5.74, 6) is 2.67. The van der Waals surface area contributed by atoms with E-state index in [2.05, 4.69) is 22.5 Å². The van der Waals surface area contributed by atoms with Crippen molar-refractivity contribution >= 4 is 11.6 Å². The Labute approximate surface area is 97.7 Å². The van der Waals surface area contributed by atoms with Crippen LogP contribution in [0.1, 0.15) is 32.6 Å². The average molecular weight is 219 g/mol. The van der Waals surface area contributed by atoms with Crippen LogP contribution in [0.2, 0.25) is 0 Å². The molecular weight excluding hydrogens is 198 g/mol. The Bertz CT molecular complexity index is 338. The molecule has 1 aliphatic carbocycles. The molecule has 88 valence electrons. The van der Waals surface area contributed by atoms with Crippen molar-refractivity contribution in [1.82, 2.24) is 4.98 Å². The van der Waals surface area contributed by atoms with Gasteiger partial charge in [0, 0.05) is 13.1 Å². The fourth-order valence-electron chi connectivity index (χ4n) is 2.37. The van der Waals surface area contributed by atoms with Crippen molar-refractivity contribution in [2.24, 2.45) is 5.92 Å². The molecule has 2 N–H and O–H groups in total. The van der Waals surface area contributed by atoms with Gasteiger partial charge >= 0.3 is 0 Å². The molecular formula is C13H21N3. The van der Waals surface area contributed by atoms with Crippen LogP contribution in [0.3, 0.4) is 0 Å². The SMILES string of the molecule is CNc1cccc(NC2CCCCC2C)n1. The number of hydrogen-bond donors (Lipinski definition) is 2. The van der Waals surface area contributed by atoms with Crippen LogP contribution in [0, 0.1) is 5.92 Å². The van der Waals surface area contributed by atoms with E-state index >= 15 is 0 Å². The molecule has 0 saturated heterocycles. The van der Waals surface area contributed by atoms with Crippen LogP contribution < -0.4 is 10.6 Å². The number of pyridine rings is 1. The van der Waals surface area contributed by atoms with E-state index in [-0.39, 0.29) is 0 Å². The second-order valence-electron chi connectivity index (χ2n) is 4.67. The van der Waals surface area contributed by atoms with Crippen molar-refractivity contribution < 1.29 is 0 Å². The Balaban J connectivity index is 2.01. The third-order valence-electron chi connectivity index (χ3n) is 3.45. The van der Waals surface area contributed by atoms with Gasteiger partial charge in [-0.25, -0.2) is 4.98 Å². The van der Waals surface area contributed by atoms with Gasteiger partial charge in [-0.05, 0) is 30.9 Å². The van der Waals surface area contributed by atoms with Gasteiger partial charge in [0.25, 0.3) is 0 Å². The first-order valence-corrected chi connectivity index (χ1v) is 6.21. The lowest BCUT2D eigenvalue weighted by Gasteiger charge is -2.30. The van der Waals surface area contributed by atoms with Gasteiger partial charge in [0.2, 0.25) is 0 Å². The first kappa shape index (κ1) is 11.2. The normalized spacial score (nSPS) is 25.1. The standard InChI is InChI=1S/C13H21N3/c1-10-6-3-4-7-11(10)15-13-9-5-8-12(14-2)16-13/h5,8-11H,3-4,6-7H2,1-2H3,(H2,14,15,16). The number of nitrogens with zero attached hydrogens (tertiary/aromatic N) is 1. The highest BCUT2D eigenvalue weighted by Crippen LogP contribution is 2.26. The fourth-order valence-corrected chi connectivity index (χ4v) is 2.37. The van der Waals surface area contributed by atoms with Crippen LogP contribution in [0.5, 0.6) is 0 Å². The van der Waals surface area contributed by atoms with Crippen LogP contribution in [0.15, 0.2) is 18.2 Å². The summed E-state index contributed by atoms with van der Waals surface area (Å²) < 4.78 is 0. The maximum absolute atomic E-state index is 4.50. The lowest BCUT2D eigenvalue weighted by Crippen LogP contribution is -2.30. The predicted molar refractivity (Wildman–Crippen MR) is 68.8 cm³/mol. The second-order valence-corrected chi connectivity index (χ2v) is 4.67. The largest absolute Gasteiger partial charge is 0.373 e. The number of rotatable bonds is 3. The molecule has 0 bridgehead atoms. The quantitative estimate of drug-likeness (QED) is 0.820. The molecule has 1 aromatic rings. The van der Waals surface area contributed by atoms with Crippen LogP contribution in [-0.2, 0) is 0 Å². The van der Waals surface area contributed by atoms with Gasteiger partial charge < -0.3 is 10.6 Å². The highest BCUT2D eigenvalue weighted by molar-refractivity contribution is 5.45. The predicted octanol–water partition coefficient (Wildman–Crippen LogP) is 3.11. The van der Waals surface area contributed by atoms with E-state index in [4.69, 9.17) is 0 Å². The molecule has 1 saturated carbocycles. The minimum absolute atomic E-state index is 0.591. The fraction of sp³-hybridized carbons (Fsp3) is 0.615. The molecule has 0 amide bonds. The minimum Gasteiger partial charge on any atom is -0.373 e. The molecule has 2 atom stereocenters. The molecule has 0 spiro atoms. The molecule has 2 rings (SSSR count). The smallest absolute Gasteiger partial charge is 0.128 e. The first-order valence-electron chi connectivity index (χ1n) is 6.21. The van der Waals surface area contributed by atoms with Gasteiger partial charge in [-0.15, -0.1) is 0 Å². The number of hydrogen-bond acceptors (Lipinski definition) is 3. The average Bonchev–Trinajstić information content (AvgIpc) is 2.32. The molecule has 0 radical (unpaired) electrons. The van der Waals surface area contributed by atoms with E-state index in [1.54, 1.807) is 0 Å². The zero-order valence-electron chi connectivity index (χ0n) is 10.2. The minimum atomic E-state index is 0.591. The van der Waals surface area contributed by atoms with Crippen LogP contribution >= 0.6 is 0 Å². The Hall–Kier alpha value is -1.25. The van der Waals surface area contributed by atoms with E-state index in [0.717, 1.165) is 17.6 Å². The zero-order valence-corrected chi connectivity index (χ0v) is 10.2. The van der Waals surface area contributed by atoms with Crippen molar-refractivity contribution in [3.63, 3.8) is 0 Å². The van der Waals surface area contributed by atoms with Crippen LogP contribution in [0.25, 0.3) is 0 Å². The monoisotopic (exact) mass is 219 g/mol. The van der Waals surface area contributed by atoms with Crippen LogP contribution in [-0.4, -0.2) is 18.1 Å². The summed E-state index contributed by atoms with van der Waals surface area (Å²) in [4.78, 5) is 4.50. The Morgan fingerprint density at radius 3 is 2.69 bits per heavy atom. The van der Waals surface area contributed by atoms with Crippen molar-refractivity contribution in [2.75, 3.05) is 17.7 Å². The van der Waals surface area contributed by atoms with Crippen molar-refractivity contribution in [1.29, 1.82) is 0 Å². The number of nitrogens with one attached hydrogen (secondary N) is 2. The Morgan fingerprint density at radius 1 is 1.19 bits per heavy atom. The molecule has 0 aromatic carbocycles. The third kappa shape index (κ3) is 2.65. The van der Waals surface area contributed by atoms with E-state index in [1.165, 1.54) is 25.7 Å². The van der Waals surface area contributed by atoms with Gasteiger partial charge in [0.05, 0.1) is 0 Å². The third-order valence-corrected chi connectivity index (χ3v) is 3.45. The molecule has 3 heteroatoms. The summed E-state index contributed by atoms with van der Waals surface area (Å²) >= 11 is 0. The molecule has 2 unspecified atom stereocenters. The van der Waals surface area contributed by atoms with Crippen molar-refractivity contribution in [2.45, 2.75) is 38.6 Å². The van der Waals surface area contributed by atoms with Gasteiger partial charge in [-0.3, -0.25) is 0 Å². The maximum atomic E-state index is 4.50. The highest BCUT2D eigenvalue weighted by atomic mass is 15.1. The molecule has 1 aliphatic rings. The van der Waals surface area contributed by atoms with E-state index in [9.17, 15) is 0 Å². The second kappa shape index (κ2) is 5.19. The molecule has 1 heterocycles. The Morgan fingerprint density at radius 2 is 1.94 bits per heavy atom. The Kier molecular flexibility index (Phi) is 3.65. The number of anilines is 2. The van der Waals surface area contributed by atoms with Crippen molar-refractivity contribution in [3.8, 4) is 0 Å². The summed E-state index contributed by atoms with van der Waals surface area (Å²) in [6, 6.07) is 6.65. The van der Waals surface area contributed by atoms with Gasteiger partial charge in [-0.2, -0.15) is 0 Å². The summed E-state index contributed by atoms with van der Waals surface area (Å²) in [5.41, 5.74) is 0. The topological polar surface area (TPSA) is 37.0 Å². The molecule has 16 heavy (non-hydrogen) atoms. The van der Waals surface area contributed by atoms with E-state index in [1.807, 2.05) is 25.2 Å². The highest BCUT2D eigenvalue weighted by Gasteiger charge is 2.21. The summed E-state index contributed by atoms with van der Waals surface area (Å²) in [6.45, 7) is 2.33. The first-order chi connectivity index (χ1) is 7.79. The molecule has 3 nitrogen and oxygen atoms in total.